The van der Waals surface area contributed by atoms with Gasteiger partial charge in [0.25, 0.3) is 0 Å². The molecule has 2 atom stereocenters. The van der Waals surface area contributed by atoms with Gasteiger partial charge in [0.15, 0.2) is 0 Å². The van der Waals surface area contributed by atoms with Crippen molar-refractivity contribution in [2.75, 3.05) is 6.54 Å². The van der Waals surface area contributed by atoms with Crippen LogP contribution in [0.25, 0.3) is 0 Å². The molecule has 21 heavy (non-hydrogen) atoms. The Hall–Kier alpha value is -0.720. The zero-order valence-corrected chi connectivity index (χ0v) is 14.1. The minimum atomic E-state index is -4.95. The van der Waals surface area contributed by atoms with Crippen LogP contribution in [-0.2, 0) is 21.2 Å². The summed E-state index contributed by atoms with van der Waals surface area (Å²) in [6.45, 7) is 0.754. The van der Waals surface area contributed by atoms with Gasteiger partial charge in [-0.25, -0.2) is 13.2 Å². The fourth-order valence-corrected chi connectivity index (χ4v) is 3.01. The molecule has 3 rings (SSSR count). The molecule has 2 saturated heterocycles. The molecular weight excluding hydrogens is 313 g/mol. The summed E-state index contributed by atoms with van der Waals surface area (Å²) in [6.07, 6.45) is 4.30. The molecule has 0 N–H and O–H groups in total. The second-order valence-electron chi connectivity index (χ2n) is 4.71. The Morgan fingerprint density at radius 3 is 2.62 bits per heavy atom. The Morgan fingerprint density at radius 2 is 2.00 bits per heavy atom. The van der Waals surface area contributed by atoms with E-state index in [4.69, 9.17) is 0 Å². The van der Waals surface area contributed by atoms with E-state index in [0.29, 0.717) is 31.0 Å². The molecule has 2 bridgehead atoms. The SMILES string of the molecule is O=C1N2C[C@@H](CC[C@H]2Cn2nccn2)N1OS(=O)(=O)[O-].[Na+]. The zero-order valence-electron chi connectivity index (χ0n) is 11.3. The molecule has 10 nitrogen and oxygen atoms in total. The molecule has 110 valence electrons. The van der Waals surface area contributed by atoms with Gasteiger partial charge in [0.1, 0.15) is 0 Å². The average Bonchev–Trinajstić information content (AvgIpc) is 2.94. The summed E-state index contributed by atoms with van der Waals surface area (Å²) >= 11 is 0. The van der Waals surface area contributed by atoms with Crippen LogP contribution >= 0.6 is 0 Å². The maximum atomic E-state index is 12.1. The van der Waals surface area contributed by atoms with Gasteiger partial charge in [-0.3, -0.25) is 0 Å². The third-order valence-electron chi connectivity index (χ3n) is 3.46. The molecule has 0 radical (unpaired) electrons. The van der Waals surface area contributed by atoms with Crippen molar-refractivity contribution in [3.8, 4) is 0 Å². The first-order valence-corrected chi connectivity index (χ1v) is 7.37. The summed E-state index contributed by atoms with van der Waals surface area (Å²) < 4.78 is 36.2. The van der Waals surface area contributed by atoms with Crippen LogP contribution in [0.3, 0.4) is 0 Å². The largest absolute Gasteiger partial charge is 1.00 e. The first-order valence-electron chi connectivity index (χ1n) is 6.03. The number of piperidine rings is 1. The third-order valence-corrected chi connectivity index (χ3v) is 3.80. The summed E-state index contributed by atoms with van der Waals surface area (Å²) in [5.74, 6) is 0. The second kappa shape index (κ2) is 6.18. The normalized spacial score (nSPS) is 25.1. The average molecular weight is 325 g/mol. The van der Waals surface area contributed by atoms with Crippen LogP contribution < -0.4 is 29.6 Å². The maximum Gasteiger partial charge on any atom is 1.00 e. The quantitative estimate of drug-likeness (QED) is 0.314. The molecule has 0 spiro atoms. The Bertz CT molecular complexity index is 608. The third kappa shape index (κ3) is 3.55. The summed E-state index contributed by atoms with van der Waals surface area (Å²) in [4.78, 5) is 15.0. The number of carbonyl (C=O) groups excluding carboxylic acids is 1. The summed E-state index contributed by atoms with van der Waals surface area (Å²) in [7, 11) is -4.95. The van der Waals surface area contributed by atoms with Gasteiger partial charge in [-0.2, -0.15) is 24.3 Å². The number of hydrogen-bond donors (Lipinski definition) is 0. The van der Waals surface area contributed by atoms with Crippen molar-refractivity contribution in [1.82, 2.24) is 25.0 Å². The van der Waals surface area contributed by atoms with Crippen molar-refractivity contribution >= 4 is 16.4 Å². The Labute approximate surface area is 143 Å². The van der Waals surface area contributed by atoms with Gasteiger partial charge in [0.05, 0.1) is 31.0 Å². The fraction of sp³-hybridized carbons (Fsp3) is 0.667. The summed E-state index contributed by atoms with van der Waals surface area (Å²) in [5.41, 5.74) is 0. The van der Waals surface area contributed by atoms with E-state index in [9.17, 15) is 17.8 Å². The van der Waals surface area contributed by atoms with Crippen LogP contribution in [0.2, 0.25) is 0 Å². The van der Waals surface area contributed by atoms with Crippen LogP contribution in [0, 0.1) is 0 Å². The molecule has 0 aromatic carbocycles. The first kappa shape index (κ1) is 16.6. The van der Waals surface area contributed by atoms with Gasteiger partial charge in [0.2, 0.25) is 10.4 Å². The van der Waals surface area contributed by atoms with Crippen LogP contribution in [0.5, 0.6) is 0 Å². The van der Waals surface area contributed by atoms with E-state index >= 15 is 0 Å². The predicted molar refractivity (Wildman–Crippen MR) is 61.6 cm³/mol. The Morgan fingerprint density at radius 1 is 1.33 bits per heavy atom. The van der Waals surface area contributed by atoms with Crippen molar-refractivity contribution in [1.29, 1.82) is 0 Å². The van der Waals surface area contributed by atoms with Crippen LogP contribution in [0.15, 0.2) is 12.4 Å². The minimum Gasteiger partial charge on any atom is -0.724 e. The van der Waals surface area contributed by atoms with Gasteiger partial charge in [0, 0.05) is 6.54 Å². The number of nitrogens with zero attached hydrogens (tertiary/aromatic N) is 5. The van der Waals surface area contributed by atoms with Crippen molar-refractivity contribution in [3.05, 3.63) is 12.4 Å². The molecule has 0 unspecified atom stereocenters. The standard InChI is InChI=1S/C9H13N5O5S.Na/c15-9-12-5-8(14(9)19-20(16,17)18)2-1-7(12)6-13-10-3-4-11-13;/h3-4,7-8H,1-2,5-6H2,(H,16,17,18);/q;+1/p-1/t7-,8+;/m0./s1. The number of urea groups is 1. The molecule has 2 aliphatic rings. The van der Waals surface area contributed by atoms with Gasteiger partial charge >= 0.3 is 35.6 Å². The molecule has 0 saturated carbocycles. The van der Waals surface area contributed by atoms with Crippen LogP contribution in [0.4, 0.5) is 4.79 Å². The van der Waals surface area contributed by atoms with Crippen LogP contribution in [-0.4, -0.2) is 62.6 Å². The molecule has 1 aromatic rings. The minimum absolute atomic E-state index is 0. The monoisotopic (exact) mass is 325 g/mol. The molecule has 0 aliphatic carbocycles. The van der Waals surface area contributed by atoms with E-state index in [0.717, 1.165) is 0 Å². The van der Waals surface area contributed by atoms with Gasteiger partial charge in [-0.1, -0.05) is 0 Å². The number of hydroxylamine groups is 2. The van der Waals surface area contributed by atoms with Gasteiger partial charge in [-0.05, 0) is 12.8 Å². The van der Waals surface area contributed by atoms with E-state index < -0.39 is 22.5 Å². The van der Waals surface area contributed by atoms with Crippen molar-refractivity contribution < 1.29 is 51.6 Å². The number of hydrogen-bond acceptors (Lipinski definition) is 7. The number of rotatable bonds is 4. The van der Waals surface area contributed by atoms with Crippen molar-refractivity contribution in [2.24, 2.45) is 0 Å². The Balaban J connectivity index is 0.00000161. The topological polar surface area (TPSA) is 121 Å². The number of carbonyl (C=O) groups is 1. The smallest absolute Gasteiger partial charge is 0.724 e. The predicted octanol–water partition coefficient (Wildman–Crippen LogP) is -4.06. The van der Waals surface area contributed by atoms with Gasteiger partial charge < -0.3 is 9.45 Å². The molecule has 12 heteroatoms. The number of amides is 2. The molecule has 2 fully saturated rings. The zero-order chi connectivity index (χ0) is 14.3. The molecule has 2 aliphatic heterocycles. The van der Waals surface area contributed by atoms with E-state index in [1.54, 1.807) is 0 Å². The fourth-order valence-electron chi connectivity index (χ4n) is 2.62. The van der Waals surface area contributed by atoms with E-state index in [1.165, 1.54) is 22.1 Å². The summed E-state index contributed by atoms with van der Waals surface area (Å²) in [5, 5.41) is 8.61. The number of aromatic nitrogens is 3. The molecule has 2 amide bonds. The first-order chi connectivity index (χ1) is 9.44. The van der Waals surface area contributed by atoms with Crippen molar-refractivity contribution in [2.45, 2.75) is 31.5 Å². The van der Waals surface area contributed by atoms with Crippen LogP contribution in [0.1, 0.15) is 12.8 Å². The van der Waals surface area contributed by atoms with E-state index in [2.05, 4.69) is 14.5 Å². The van der Waals surface area contributed by atoms with Gasteiger partial charge in [-0.15, -0.1) is 0 Å². The number of fused-ring (bicyclic) bond motifs is 2. The summed E-state index contributed by atoms with van der Waals surface area (Å²) in [6, 6.07) is -1.16. The molecule has 3 heterocycles. The van der Waals surface area contributed by atoms with E-state index in [-0.39, 0.29) is 35.6 Å². The van der Waals surface area contributed by atoms with Crippen molar-refractivity contribution in [3.63, 3.8) is 0 Å². The second-order valence-corrected chi connectivity index (χ2v) is 5.68. The molecular formula is C9H12N5NaO5S. The Kier molecular flexibility index (Phi) is 4.90. The maximum absolute atomic E-state index is 12.1. The molecule has 1 aromatic heterocycles. The van der Waals surface area contributed by atoms with E-state index in [1.807, 2.05) is 0 Å².